The molecule has 4 heterocycles. The van der Waals surface area contributed by atoms with Crippen molar-refractivity contribution < 1.29 is 9.53 Å². The van der Waals surface area contributed by atoms with E-state index in [1.165, 1.54) is 5.56 Å². The topological polar surface area (TPSA) is 54.5 Å². The van der Waals surface area contributed by atoms with Crippen LogP contribution in [0.4, 0.5) is 0 Å². The molecule has 146 valence electrons. The molecule has 3 saturated heterocycles. The van der Waals surface area contributed by atoms with Crippen molar-refractivity contribution in [2.24, 2.45) is 5.92 Å². The summed E-state index contributed by atoms with van der Waals surface area (Å²) in [5.74, 6) is 1.31. The van der Waals surface area contributed by atoms with Crippen LogP contribution in [0, 0.1) is 5.92 Å². The van der Waals surface area contributed by atoms with Gasteiger partial charge in [0, 0.05) is 30.6 Å². The number of benzene rings is 1. The average molecular weight is 377 g/mol. The maximum Gasteiger partial charge on any atom is 0.244 e. The summed E-state index contributed by atoms with van der Waals surface area (Å²) in [6.45, 7) is 2.25. The lowest BCUT2D eigenvalue weighted by atomic mass is 9.77. The van der Waals surface area contributed by atoms with E-state index in [2.05, 4.69) is 21.3 Å². The SMILES string of the molecule is COc1cccc(C=CC(=O)NC2C3CCN(CC3)C2Cc2cccnc2)c1. The van der Waals surface area contributed by atoms with E-state index < -0.39 is 0 Å². The van der Waals surface area contributed by atoms with Gasteiger partial charge in [-0.1, -0.05) is 18.2 Å². The van der Waals surface area contributed by atoms with Gasteiger partial charge in [-0.2, -0.15) is 0 Å². The lowest BCUT2D eigenvalue weighted by molar-refractivity contribution is -0.119. The van der Waals surface area contributed by atoms with Crippen molar-refractivity contribution in [2.75, 3.05) is 20.2 Å². The van der Waals surface area contributed by atoms with Crippen molar-refractivity contribution in [1.29, 1.82) is 0 Å². The van der Waals surface area contributed by atoms with Gasteiger partial charge in [-0.05, 0) is 73.7 Å². The standard InChI is InChI=1S/C23H27N3O2/c1-28-20-6-2-4-17(14-20)7-8-22(27)25-23-19-9-12-26(13-10-19)21(23)15-18-5-3-11-24-16-18/h2-8,11,14,16,19,21,23H,9-10,12-13,15H2,1H3,(H,25,27). The minimum atomic E-state index is -0.0299. The van der Waals surface area contributed by atoms with Crippen LogP contribution in [0.5, 0.6) is 5.75 Å². The Morgan fingerprint density at radius 1 is 1.29 bits per heavy atom. The maximum atomic E-state index is 12.7. The van der Waals surface area contributed by atoms with E-state index in [9.17, 15) is 4.79 Å². The summed E-state index contributed by atoms with van der Waals surface area (Å²) in [7, 11) is 1.64. The van der Waals surface area contributed by atoms with Crippen molar-refractivity contribution in [3.05, 3.63) is 66.0 Å². The number of fused-ring (bicyclic) bond motifs is 3. The first-order valence-electron chi connectivity index (χ1n) is 9.98. The van der Waals surface area contributed by atoms with Crippen LogP contribution in [0.2, 0.25) is 0 Å². The summed E-state index contributed by atoms with van der Waals surface area (Å²) in [6, 6.07) is 12.3. The number of pyridine rings is 1. The third kappa shape index (κ3) is 4.25. The molecule has 0 saturated carbocycles. The lowest BCUT2D eigenvalue weighted by Crippen LogP contribution is -2.64. The lowest BCUT2D eigenvalue weighted by Gasteiger charge is -2.51. The number of hydrogen-bond donors (Lipinski definition) is 1. The Bertz CT molecular complexity index is 829. The molecule has 0 radical (unpaired) electrons. The van der Waals surface area contributed by atoms with E-state index in [0.29, 0.717) is 12.0 Å². The number of nitrogens with one attached hydrogen (secondary N) is 1. The molecule has 1 aromatic carbocycles. The number of aromatic nitrogens is 1. The van der Waals surface area contributed by atoms with Gasteiger partial charge in [0.1, 0.15) is 5.75 Å². The molecule has 2 unspecified atom stereocenters. The molecule has 5 rings (SSSR count). The molecule has 1 aromatic heterocycles. The van der Waals surface area contributed by atoms with Crippen molar-refractivity contribution in [3.8, 4) is 5.75 Å². The number of carbonyl (C=O) groups excluding carboxylic acids is 1. The Balaban J connectivity index is 1.45. The number of piperidine rings is 3. The number of rotatable bonds is 6. The zero-order valence-electron chi connectivity index (χ0n) is 16.3. The molecule has 2 bridgehead atoms. The molecule has 3 aliphatic rings. The van der Waals surface area contributed by atoms with Crippen LogP contribution in [0.25, 0.3) is 6.08 Å². The van der Waals surface area contributed by atoms with E-state index in [0.717, 1.165) is 43.7 Å². The minimum absolute atomic E-state index is 0.0299. The highest BCUT2D eigenvalue weighted by Gasteiger charge is 2.42. The van der Waals surface area contributed by atoms with Gasteiger partial charge in [0.05, 0.1) is 7.11 Å². The number of hydrogen-bond acceptors (Lipinski definition) is 4. The predicted molar refractivity (Wildman–Crippen MR) is 110 cm³/mol. The highest BCUT2D eigenvalue weighted by molar-refractivity contribution is 5.92. The Morgan fingerprint density at radius 3 is 2.89 bits per heavy atom. The summed E-state index contributed by atoms with van der Waals surface area (Å²) in [5.41, 5.74) is 2.18. The van der Waals surface area contributed by atoms with E-state index in [-0.39, 0.29) is 11.9 Å². The van der Waals surface area contributed by atoms with Gasteiger partial charge in [0.2, 0.25) is 5.91 Å². The van der Waals surface area contributed by atoms with Gasteiger partial charge in [-0.25, -0.2) is 0 Å². The number of nitrogens with zero attached hydrogens (tertiary/aromatic N) is 2. The fraction of sp³-hybridized carbons (Fsp3) is 0.391. The van der Waals surface area contributed by atoms with Crippen LogP contribution in [0.3, 0.4) is 0 Å². The van der Waals surface area contributed by atoms with Crippen LogP contribution in [-0.4, -0.2) is 48.1 Å². The molecule has 2 atom stereocenters. The number of carbonyl (C=O) groups is 1. The first-order chi connectivity index (χ1) is 13.7. The molecule has 3 aliphatic heterocycles. The fourth-order valence-electron chi connectivity index (χ4n) is 4.51. The van der Waals surface area contributed by atoms with Gasteiger partial charge < -0.3 is 10.1 Å². The van der Waals surface area contributed by atoms with E-state index in [4.69, 9.17) is 4.74 Å². The molecule has 1 N–H and O–H groups in total. The van der Waals surface area contributed by atoms with Gasteiger partial charge in [0.25, 0.3) is 0 Å². The summed E-state index contributed by atoms with van der Waals surface area (Å²) < 4.78 is 5.24. The zero-order chi connectivity index (χ0) is 19.3. The van der Waals surface area contributed by atoms with Crippen LogP contribution in [-0.2, 0) is 11.2 Å². The predicted octanol–water partition coefficient (Wildman–Crippen LogP) is 2.93. The highest BCUT2D eigenvalue weighted by atomic mass is 16.5. The average Bonchev–Trinajstić information content (AvgIpc) is 2.75. The van der Waals surface area contributed by atoms with Crippen molar-refractivity contribution in [3.63, 3.8) is 0 Å². The van der Waals surface area contributed by atoms with Crippen LogP contribution in [0.1, 0.15) is 24.0 Å². The fourth-order valence-corrected chi connectivity index (χ4v) is 4.51. The third-order valence-corrected chi connectivity index (χ3v) is 5.96. The Labute approximate surface area is 166 Å². The molecular weight excluding hydrogens is 350 g/mol. The largest absolute Gasteiger partial charge is 0.497 e. The zero-order valence-corrected chi connectivity index (χ0v) is 16.3. The smallest absolute Gasteiger partial charge is 0.244 e. The van der Waals surface area contributed by atoms with Gasteiger partial charge >= 0.3 is 0 Å². The Hall–Kier alpha value is -2.66. The van der Waals surface area contributed by atoms with Crippen molar-refractivity contribution in [1.82, 2.24) is 15.2 Å². The summed E-state index contributed by atoms with van der Waals surface area (Å²) in [4.78, 5) is 19.4. The molecule has 3 fully saturated rings. The molecule has 5 heteroatoms. The van der Waals surface area contributed by atoms with E-state index >= 15 is 0 Å². The minimum Gasteiger partial charge on any atom is -0.497 e. The molecule has 5 nitrogen and oxygen atoms in total. The molecule has 2 aromatic rings. The molecule has 28 heavy (non-hydrogen) atoms. The Kier molecular flexibility index (Phi) is 5.72. The molecular formula is C23H27N3O2. The van der Waals surface area contributed by atoms with Gasteiger partial charge in [-0.15, -0.1) is 0 Å². The monoisotopic (exact) mass is 377 g/mol. The molecule has 0 spiro atoms. The second-order valence-electron chi connectivity index (χ2n) is 7.65. The maximum absolute atomic E-state index is 12.7. The highest BCUT2D eigenvalue weighted by Crippen LogP contribution is 2.34. The van der Waals surface area contributed by atoms with E-state index in [1.54, 1.807) is 19.4 Å². The first-order valence-corrected chi connectivity index (χ1v) is 9.98. The second kappa shape index (κ2) is 8.57. The normalized spacial score (nSPS) is 26.3. The second-order valence-corrected chi connectivity index (χ2v) is 7.65. The summed E-state index contributed by atoms with van der Waals surface area (Å²) >= 11 is 0. The first kappa shape index (κ1) is 18.7. The van der Waals surface area contributed by atoms with Crippen molar-refractivity contribution >= 4 is 12.0 Å². The van der Waals surface area contributed by atoms with Gasteiger partial charge in [-0.3, -0.25) is 14.7 Å². The quantitative estimate of drug-likeness (QED) is 0.787. The van der Waals surface area contributed by atoms with Crippen LogP contribution < -0.4 is 10.1 Å². The number of methoxy groups -OCH3 is 1. The summed E-state index contributed by atoms with van der Waals surface area (Å²) in [5, 5.41) is 3.30. The van der Waals surface area contributed by atoms with Crippen molar-refractivity contribution in [2.45, 2.75) is 31.3 Å². The summed E-state index contributed by atoms with van der Waals surface area (Å²) in [6.07, 6.45) is 10.5. The Morgan fingerprint density at radius 2 is 2.14 bits per heavy atom. The number of amides is 1. The van der Waals surface area contributed by atoms with Gasteiger partial charge in [0.15, 0.2) is 0 Å². The van der Waals surface area contributed by atoms with E-state index in [1.807, 2.05) is 42.6 Å². The molecule has 0 aliphatic carbocycles. The third-order valence-electron chi connectivity index (χ3n) is 5.96. The number of ether oxygens (including phenoxy) is 1. The van der Waals surface area contributed by atoms with Crippen LogP contribution in [0.15, 0.2) is 54.9 Å². The molecule has 1 amide bonds. The van der Waals surface area contributed by atoms with Crippen LogP contribution >= 0.6 is 0 Å².